The molecule has 1 N–H and O–H groups in total. The number of benzene rings is 1. The van der Waals surface area contributed by atoms with E-state index in [1.165, 1.54) is 0 Å². The summed E-state index contributed by atoms with van der Waals surface area (Å²) >= 11 is 0.585. The van der Waals surface area contributed by atoms with Gasteiger partial charge in [-0.1, -0.05) is 17.4 Å². The van der Waals surface area contributed by atoms with E-state index in [-0.39, 0.29) is 23.7 Å². The molecule has 9 heteroatoms. The van der Waals surface area contributed by atoms with Crippen LogP contribution < -0.4 is 9.64 Å². The zero-order valence-electron chi connectivity index (χ0n) is 14.0. The van der Waals surface area contributed by atoms with Crippen LogP contribution in [0.1, 0.15) is 23.4 Å². The van der Waals surface area contributed by atoms with Gasteiger partial charge < -0.3 is 14.7 Å². The Hall–Kier alpha value is -2.03. The smallest absolute Gasteiger partial charge is 0.445 e. The summed E-state index contributed by atoms with van der Waals surface area (Å²) in [5, 5.41) is 16.5. The van der Waals surface area contributed by atoms with Crippen molar-refractivity contribution in [3.05, 3.63) is 28.8 Å². The molecule has 2 aromatic rings. The topological polar surface area (TPSA) is 58.5 Å². The summed E-state index contributed by atoms with van der Waals surface area (Å²) in [6.45, 7) is 3.06. The lowest BCUT2D eigenvalue weighted by Gasteiger charge is -2.37. The highest BCUT2D eigenvalue weighted by molar-refractivity contribution is 7.15. The number of rotatable bonds is 3. The third kappa shape index (κ3) is 3.20. The van der Waals surface area contributed by atoms with Crippen LogP contribution in [0.4, 0.5) is 18.3 Å². The molecule has 0 unspecified atom stereocenters. The molecular formula is C17H18F3N3O2S. The number of aromatic nitrogens is 2. The van der Waals surface area contributed by atoms with Crippen molar-refractivity contribution >= 4 is 16.5 Å². The standard InChI is InChI=1S/C17H18F3N3O2S/c1-9-2-5-13(12(24)6-9)25-14-10-3-4-11(14)8-23(7-10)16-22-21-15(26-16)17(18,19)20/h2,5-6,10-11,14,24H,3-4,7-8H2,1H3/t10-,11+,14-. The SMILES string of the molecule is Cc1ccc(O[C@@H]2[C@@H]3CC[C@H]2CN(c2nnc(C(F)(F)F)s2)C3)c(O)c1. The van der Waals surface area contributed by atoms with Gasteiger partial charge in [0.1, 0.15) is 6.10 Å². The normalized spacial score (nSPS) is 25.5. The van der Waals surface area contributed by atoms with E-state index in [1.807, 2.05) is 17.9 Å². The minimum Gasteiger partial charge on any atom is -0.504 e. The molecular weight excluding hydrogens is 367 g/mol. The quantitative estimate of drug-likeness (QED) is 0.869. The van der Waals surface area contributed by atoms with E-state index in [0.29, 0.717) is 35.3 Å². The third-order valence-corrected chi connectivity index (χ3v) is 6.08. The van der Waals surface area contributed by atoms with Gasteiger partial charge in [-0.15, -0.1) is 10.2 Å². The van der Waals surface area contributed by atoms with Gasteiger partial charge in [0.2, 0.25) is 10.1 Å². The average molecular weight is 385 g/mol. The summed E-state index contributed by atoms with van der Waals surface area (Å²) in [6.07, 6.45) is -2.61. The molecule has 2 bridgehead atoms. The summed E-state index contributed by atoms with van der Waals surface area (Å²) in [6, 6.07) is 5.30. The maximum Gasteiger partial charge on any atom is 0.445 e. The molecule has 1 aliphatic heterocycles. The highest BCUT2D eigenvalue weighted by Crippen LogP contribution is 2.43. The van der Waals surface area contributed by atoms with Gasteiger partial charge in [0.25, 0.3) is 0 Å². The van der Waals surface area contributed by atoms with Crippen molar-refractivity contribution in [2.75, 3.05) is 18.0 Å². The molecule has 2 aliphatic rings. The number of aromatic hydroxyl groups is 1. The van der Waals surface area contributed by atoms with Crippen molar-refractivity contribution in [1.29, 1.82) is 0 Å². The van der Waals surface area contributed by atoms with Gasteiger partial charge in [-0.25, -0.2) is 0 Å². The molecule has 5 nitrogen and oxygen atoms in total. The zero-order valence-corrected chi connectivity index (χ0v) is 14.8. The number of phenols is 1. The number of anilines is 1. The maximum atomic E-state index is 12.8. The van der Waals surface area contributed by atoms with Crippen molar-refractivity contribution in [3.8, 4) is 11.5 Å². The van der Waals surface area contributed by atoms with Crippen LogP contribution in [0.15, 0.2) is 18.2 Å². The van der Waals surface area contributed by atoms with Crippen LogP contribution in [-0.4, -0.2) is 34.5 Å². The van der Waals surface area contributed by atoms with Gasteiger partial charge in [0.05, 0.1) is 0 Å². The fourth-order valence-electron chi connectivity index (χ4n) is 3.85. The minimum atomic E-state index is -4.46. The van der Waals surface area contributed by atoms with Crippen LogP contribution in [0.5, 0.6) is 11.5 Å². The monoisotopic (exact) mass is 385 g/mol. The lowest BCUT2D eigenvalue weighted by molar-refractivity contribution is -0.138. The Bertz CT molecular complexity index is 797. The van der Waals surface area contributed by atoms with Crippen molar-refractivity contribution in [1.82, 2.24) is 10.2 Å². The first-order valence-corrected chi connectivity index (χ1v) is 9.25. The molecule has 3 atom stereocenters. The minimum absolute atomic E-state index is 0.0464. The van der Waals surface area contributed by atoms with Gasteiger partial charge in [0, 0.05) is 24.9 Å². The van der Waals surface area contributed by atoms with Gasteiger partial charge in [-0.3, -0.25) is 0 Å². The number of hydrogen-bond acceptors (Lipinski definition) is 6. The van der Waals surface area contributed by atoms with E-state index in [0.717, 1.165) is 18.4 Å². The number of phenolic OH excluding ortho intramolecular Hbond substituents is 1. The predicted octanol–water partition coefficient (Wildman–Crippen LogP) is 3.86. The number of halogens is 3. The number of piperidine rings is 1. The molecule has 4 rings (SSSR count). The fourth-order valence-corrected chi connectivity index (χ4v) is 4.58. The molecule has 1 aromatic carbocycles. The van der Waals surface area contributed by atoms with Crippen LogP contribution in [0.2, 0.25) is 0 Å². The van der Waals surface area contributed by atoms with Gasteiger partial charge in [-0.2, -0.15) is 13.2 Å². The van der Waals surface area contributed by atoms with Crippen molar-refractivity contribution < 1.29 is 23.0 Å². The number of nitrogens with zero attached hydrogens (tertiary/aromatic N) is 3. The largest absolute Gasteiger partial charge is 0.504 e. The van der Waals surface area contributed by atoms with Gasteiger partial charge in [0.15, 0.2) is 11.5 Å². The van der Waals surface area contributed by atoms with Crippen LogP contribution in [0.3, 0.4) is 0 Å². The summed E-state index contributed by atoms with van der Waals surface area (Å²) in [4.78, 5) is 1.88. The molecule has 0 amide bonds. The second-order valence-corrected chi connectivity index (χ2v) is 7.90. The molecule has 2 fully saturated rings. The lowest BCUT2D eigenvalue weighted by atomic mass is 9.95. The zero-order chi connectivity index (χ0) is 18.5. The number of fused-ring (bicyclic) bond motifs is 2. The van der Waals surface area contributed by atoms with Crippen LogP contribution in [-0.2, 0) is 6.18 Å². The Morgan fingerprint density at radius 1 is 1.19 bits per heavy atom. The molecule has 1 aliphatic carbocycles. The first kappa shape index (κ1) is 17.4. The average Bonchev–Trinajstić information content (AvgIpc) is 3.13. The predicted molar refractivity (Wildman–Crippen MR) is 90.6 cm³/mol. The molecule has 0 radical (unpaired) electrons. The van der Waals surface area contributed by atoms with Crippen molar-refractivity contribution in [2.45, 2.75) is 32.0 Å². The van der Waals surface area contributed by atoms with Crippen LogP contribution in [0.25, 0.3) is 0 Å². The number of hydrogen-bond donors (Lipinski definition) is 1. The fraction of sp³-hybridized carbons (Fsp3) is 0.529. The Morgan fingerprint density at radius 3 is 2.46 bits per heavy atom. The lowest BCUT2D eigenvalue weighted by Crippen LogP contribution is -2.47. The number of alkyl halides is 3. The highest BCUT2D eigenvalue weighted by Gasteiger charge is 2.45. The van der Waals surface area contributed by atoms with E-state index in [2.05, 4.69) is 10.2 Å². The van der Waals surface area contributed by atoms with Gasteiger partial charge in [-0.05, 0) is 37.5 Å². The summed E-state index contributed by atoms with van der Waals surface area (Å²) in [7, 11) is 0. The van der Waals surface area contributed by atoms with Crippen LogP contribution >= 0.6 is 11.3 Å². The summed E-state index contributed by atoms with van der Waals surface area (Å²) in [5.74, 6) is 0.951. The van der Waals surface area contributed by atoms with E-state index in [4.69, 9.17) is 4.74 Å². The Labute approximate surface area is 152 Å². The van der Waals surface area contributed by atoms with Crippen LogP contribution in [0, 0.1) is 18.8 Å². The molecule has 1 saturated heterocycles. The van der Waals surface area contributed by atoms with Gasteiger partial charge >= 0.3 is 6.18 Å². The molecule has 0 spiro atoms. The second-order valence-electron chi connectivity index (χ2n) is 6.94. The number of aryl methyl sites for hydroxylation is 1. The highest BCUT2D eigenvalue weighted by atomic mass is 32.1. The summed E-state index contributed by atoms with van der Waals surface area (Å²) in [5.41, 5.74) is 0.948. The molecule has 26 heavy (non-hydrogen) atoms. The summed E-state index contributed by atoms with van der Waals surface area (Å²) < 4.78 is 44.3. The van der Waals surface area contributed by atoms with E-state index < -0.39 is 11.2 Å². The molecule has 1 aromatic heterocycles. The Morgan fingerprint density at radius 2 is 1.88 bits per heavy atom. The molecule has 2 heterocycles. The van der Waals surface area contributed by atoms with E-state index in [1.54, 1.807) is 12.1 Å². The maximum absolute atomic E-state index is 12.8. The van der Waals surface area contributed by atoms with Crippen molar-refractivity contribution in [2.24, 2.45) is 11.8 Å². The molecule has 1 saturated carbocycles. The first-order valence-electron chi connectivity index (χ1n) is 8.43. The van der Waals surface area contributed by atoms with E-state index in [9.17, 15) is 18.3 Å². The third-order valence-electron chi connectivity index (χ3n) is 5.05. The Kier molecular flexibility index (Phi) is 4.21. The first-order chi connectivity index (χ1) is 12.3. The number of ether oxygens (including phenoxy) is 1. The second kappa shape index (κ2) is 6.29. The van der Waals surface area contributed by atoms with Crippen molar-refractivity contribution in [3.63, 3.8) is 0 Å². The Balaban J connectivity index is 1.48. The molecule has 140 valence electrons. The van der Waals surface area contributed by atoms with E-state index >= 15 is 0 Å².